The molecule has 87 heavy (non-hydrogen) atoms. The van der Waals surface area contributed by atoms with Crippen molar-refractivity contribution in [3.63, 3.8) is 0 Å². The third kappa shape index (κ3) is 15.7. The largest absolute Gasteiger partial charge is 0.481 e. The number of para-hydroxylation sites is 2. The van der Waals surface area contributed by atoms with E-state index in [4.69, 9.17) is 65.7 Å². The summed E-state index contributed by atoms with van der Waals surface area (Å²) < 4.78 is 20.7. The Balaban J connectivity index is 0.000000208. The average molecular weight is 1300 g/mol. The minimum Gasteiger partial charge on any atom is -0.481 e. The topological polar surface area (TPSA) is 217 Å². The molecule has 458 valence electrons. The summed E-state index contributed by atoms with van der Waals surface area (Å²) in [5, 5.41) is 19.1. The van der Waals surface area contributed by atoms with Crippen molar-refractivity contribution in [3.05, 3.63) is 160 Å². The minimum atomic E-state index is -0.868. The second-order valence-corrected chi connectivity index (χ2v) is 25.9. The molecule has 4 aromatic carbocycles. The highest BCUT2D eigenvalue weighted by Crippen LogP contribution is 2.40. The number of anilines is 2. The van der Waals surface area contributed by atoms with Gasteiger partial charge in [-0.25, -0.2) is 9.97 Å². The lowest BCUT2D eigenvalue weighted by atomic mass is 10.1. The van der Waals surface area contributed by atoms with E-state index in [1.165, 1.54) is 29.8 Å². The third-order valence-corrected chi connectivity index (χ3v) is 18.6. The fourth-order valence-corrected chi connectivity index (χ4v) is 13.9. The molecule has 4 atom stereocenters. The Kier molecular flexibility index (Phi) is 21.2. The van der Waals surface area contributed by atoms with E-state index in [0.29, 0.717) is 82.4 Å². The Morgan fingerprint density at radius 1 is 0.621 bits per heavy atom. The van der Waals surface area contributed by atoms with Crippen LogP contribution in [-0.4, -0.2) is 114 Å². The summed E-state index contributed by atoms with van der Waals surface area (Å²) in [6.07, 6.45) is 9.08. The van der Waals surface area contributed by atoms with Crippen molar-refractivity contribution in [1.29, 1.82) is 0 Å². The van der Waals surface area contributed by atoms with E-state index in [9.17, 15) is 28.8 Å². The monoisotopic (exact) mass is 1300 g/mol. The maximum Gasteiger partial charge on any atom is 0.305 e. The number of hydrogen-bond acceptors (Lipinski definition) is 13. The number of carboxylic acid groups (broad SMARTS) is 1. The van der Waals surface area contributed by atoms with Gasteiger partial charge in [-0.1, -0.05) is 82.8 Å². The summed E-state index contributed by atoms with van der Waals surface area (Å²) in [6.45, 7) is 8.66. The van der Waals surface area contributed by atoms with Gasteiger partial charge in [-0.05, 0) is 88.1 Å². The number of carbonyl (C=O) groups excluding carboxylic acids is 5. The molecule has 10 rings (SSSR count). The van der Waals surface area contributed by atoms with Gasteiger partial charge in [0.25, 0.3) is 11.8 Å². The van der Waals surface area contributed by atoms with E-state index in [1.54, 1.807) is 58.9 Å². The number of aliphatic carboxylic acids is 1. The van der Waals surface area contributed by atoms with Gasteiger partial charge in [-0.15, -0.1) is 22.7 Å². The van der Waals surface area contributed by atoms with Crippen LogP contribution in [0.4, 0.5) is 11.4 Å². The second-order valence-electron chi connectivity index (χ2n) is 22.0. The number of benzene rings is 4. The zero-order chi connectivity index (χ0) is 62.4. The number of halogens is 4. The predicted molar refractivity (Wildman–Crippen MR) is 341 cm³/mol. The molecule has 24 heteroatoms. The number of fused-ring (bicyclic) bond motifs is 2. The summed E-state index contributed by atoms with van der Waals surface area (Å²) in [4.78, 5) is 90.9. The van der Waals surface area contributed by atoms with E-state index in [0.717, 1.165) is 41.6 Å². The first-order chi connectivity index (χ1) is 41.5. The lowest BCUT2D eigenvalue weighted by Gasteiger charge is -2.23. The van der Waals surface area contributed by atoms with E-state index < -0.39 is 5.97 Å². The van der Waals surface area contributed by atoms with Crippen molar-refractivity contribution in [1.82, 2.24) is 28.9 Å². The summed E-state index contributed by atoms with van der Waals surface area (Å²) in [5.41, 5.74) is 4.69. The van der Waals surface area contributed by atoms with Crippen molar-refractivity contribution >= 4 is 138 Å². The fourth-order valence-electron chi connectivity index (χ4n) is 10.9. The highest BCUT2D eigenvalue weighted by atomic mass is 35.5. The number of hydrogen-bond donors (Lipinski definition) is 3. The van der Waals surface area contributed by atoms with Gasteiger partial charge < -0.3 is 48.9 Å². The van der Waals surface area contributed by atoms with Gasteiger partial charge in [-0.3, -0.25) is 28.8 Å². The molecular weight excluding hydrogens is 1230 g/mol. The molecule has 0 radical (unpaired) electrons. The maximum absolute atomic E-state index is 13.7. The molecule has 4 amide bonds. The number of carboxylic acids is 1. The Hall–Kier alpha value is -6.88. The smallest absolute Gasteiger partial charge is 0.305 e. The number of thiazole rings is 2. The van der Waals surface area contributed by atoms with E-state index in [1.807, 2.05) is 99.5 Å². The highest BCUT2D eigenvalue weighted by Gasteiger charge is 2.41. The summed E-state index contributed by atoms with van der Waals surface area (Å²) in [6, 6.07) is 21.1. The van der Waals surface area contributed by atoms with Gasteiger partial charge >= 0.3 is 11.9 Å². The molecule has 8 aromatic rings. The van der Waals surface area contributed by atoms with Crippen LogP contribution in [0.15, 0.2) is 97.6 Å². The minimum absolute atomic E-state index is 0.00174. The van der Waals surface area contributed by atoms with Gasteiger partial charge in [-0.2, -0.15) is 0 Å². The molecule has 4 aromatic heterocycles. The molecular formula is C63H66Cl4N8O10S2. The molecule has 0 unspecified atom stereocenters. The number of nitrogens with one attached hydrogen (secondary N) is 2. The first-order valence-electron chi connectivity index (χ1n) is 28.3. The van der Waals surface area contributed by atoms with Crippen molar-refractivity contribution in [3.8, 4) is 0 Å². The highest BCUT2D eigenvalue weighted by molar-refractivity contribution is 7.12. The fraction of sp³-hybridized carbons (Fsp3) is 0.365. The van der Waals surface area contributed by atoms with Gasteiger partial charge in [0.2, 0.25) is 11.8 Å². The number of nitrogens with zero attached hydrogens (tertiary/aromatic N) is 6. The molecule has 0 saturated carbocycles. The number of likely N-dealkylation sites (tertiary alicyclic amines) is 2. The van der Waals surface area contributed by atoms with Crippen LogP contribution < -0.4 is 10.6 Å². The molecule has 0 spiro atoms. The first kappa shape index (κ1) is 64.6. The van der Waals surface area contributed by atoms with Gasteiger partial charge in [0, 0.05) is 106 Å². The molecule has 0 aliphatic carbocycles. The average Bonchev–Trinajstić information content (AvgIpc) is 3.04. The van der Waals surface area contributed by atoms with Crippen LogP contribution >= 0.6 is 69.1 Å². The Labute approximate surface area is 531 Å². The van der Waals surface area contributed by atoms with Crippen molar-refractivity contribution in [2.75, 3.05) is 30.8 Å². The van der Waals surface area contributed by atoms with E-state index in [-0.39, 0.29) is 102 Å². The van der Waals surface area contributed by atoms with Gasteiger partial charge in [0.1, 0.15) is 10.0 Å². The van der Waals surface area contributed by atoms with Gasteiger partial charge in [0.15, 0.2) is 0 Å². The Morgan fingerprint density at radius 2 is 1.03 bits per heavy atom. The number of ether oxygens (including phenoxy) is 3. The van der Waals surface area contributed by atoms with Crippen LogP contribution in [0.2, 0.25) is 20.1 Å². The predicted octanol–water partition coefficient (Wildman–Crippen LogP) is 13.1. The second kappa shape index (κ2) is 28.5. The molecule has 2 fully saturated rings. The lowest BCUT2D eigenvalue weighted by molar-refractivity contribution is -0.140. The normalized spacial score (nSPS) is 16.7. The lowest BCUT2D eigenvalue weighted by Crippen LogP contribution is -2.33. The summed E-state index contributed by atoms with van der Waals surface area (Å²) in [5.74, 6) is -2.07. The Bertz CT molecular complexity index is 3880. The SMILES string of the molecule is CC(C)O[C@H]1C[C@@H](c2ncc(CCC(=O)O)s2)N(C(=O)Cc2cc(Cl)c(NC(=O)c3cn(C)c4ccccc34)cc2Cl)C1.COC(=O)CCc1cnc([C@@H]2C[C@H](OC(C)C)CN2C(=O)Cc2cc(Cl)c(NC(=O)c3cn(C)c4ccccc34)cc2Cl)s1. The van der Waals surface area contributed by atoms with Crippen LogP contribution in [0.1, 0.15) is 117 Å². The van der Waals surface area contributed by atoms with Crippen LogP contribution in [0.3, 0.4) is 0 Å². The van der Waals surface area contributed by atoms with Crippen molar-refractivity contribution < 1.29 is 48.1 Å². The zero-order valence-corrected chi connectivity index (χ0v) is 53.6. The maximum atomic E-state index is 13.7. The molecule has 0 bridgehead atoms. The van der Waals surface area contributed by atoms with Crippen LogP contribution in [-0.2, 0) is 73.2 Å². The number of esters is 1. The van der Waals surface area contributed by atoms with Crippen molar-refractivity contribution in [2.24, 2.45) is 14.1 Å². The quantitative estimate of drug-likeness (QED) is 0.0608. The number of methoxy groups -OCH3 is 1. The number of aromatic nitrogens is 4. The van der Waals surface area contributed by atoms with Crippen LogP contribution in [0.25, 0.3) is 21.8 Å². The standard InChI is InChI=1S/C32H34Cl2N4O5S.C31H32Cl2N4O5S/c1-18(2)43-20-13-28(32-35-15-21(44-32)9-10-30(40)42-4)38(16-20)29(39)12-19-11-25(34)26(14-24(19)33)36-31(41)23-17-37(3)27-8-6-5-7-22(23)27;1-17(2)42-19-12-27(31-34-14-20(43-31)8-9-29(39)40)37(15-19)28(38)11-18-10-24(33)25(13-23(18)32)35-30(41)22-16-36(3)26-7-5-4-6-21(22)26/h5-8,11,14-15,17-18,20,28H,9-10,12-13,16H2,1-4H3,(H,36,41);4-7,10,13-14,16-17,19,27H,8-9,11-12,15H2,1-3H3,(H,35,41)(H,39,40)/t20-,28-;19-,27-/m00/s1. The summed E-state index contributed by atoms with van der Waals surface area (Å²) in [7, 11) is 5.13. The third-order valence-electron chi connectivity index (χ3n) is 14.9. The number of carbonyl (C=O) groups is 6. The molecule has 6 heterocycles. The molecule has 18 nitrogen and oxygen atoms in total. The van der Waals surface area contributed by atoms with E-state index >= 15 is 0 Å². The van der Waals surface area contributed by atoms with Crippen molar-refractivity contribution in [2.45, 2.75) is 116 Å². The molecule has 2 aliphatic heterocycles. The molecule has 2 saturated heterocycles. The van der Waals surface area contributed by atoms with Crippen LogP contribution in [0.5, 0.6) is 0 Å². The number of amides is 4. The number of rotatable bonds is 20. The number of aryl methyl sites for hydroxylation is 4. The van der Waals surface area contributed by atoms with Crippen LogP contribution in [0, 0.1) is 0 Å². The van der Waals surface area contributed by atoms with E-state index in [2.05, 4.69) is 20.6 Å². The molecule has 2 aliphatic rings. The van der Waals surface area contributed by atoms with Gasteiger partial charge in [0.05, 0.1) is 102 Å². The zero-order valence-electron chi connectivity index (χ0n) is 48.9. The summed E-state index contributed by atoms with van der Waals surface area (Å²) >= 11 is 29.4. The Morgan fingerprint density at radius 3 is 1.44 bits per heavy atom. The molecule has 3 N–H and O–H groups in total. The first-order valence-corrected chi connectivity index (χ1v) is 31.4.